The largest absolute Gasteiger partial charge is 0.478 e. The van der Waals surface area contributed by atoms with Gasteiger partial charge in [0.25, 0.3) is 0 Å². The van der Waals surface area contributed by atoms with Gasteiger partial charge in [0.2, 0.25) is 5.78 Å². The maximum absolute atomic E-state index is 11.9. The first-order valence-corrected chi connectivity index (χ1v) is 5.86. The van der Waals surface area contributed by atoms with Crippen molar-refractivity contribution in [2.45, 2.75) is 19.4 Å². The summed E-state index contributed by atoms with van der Waals surface area (Å²) in [6, 6.07) is 6.96. The van der Waals surface area contributed by atoms with E-state index in [9.17, 15) is 4.79 Å². The minimum Gasteiger partial charge on any atom is -0.478 e. The summed E-state index contributed by atoms with van der Waals surface area (Å²) in [4.78, 5) is 15.2. The summed E-state index contributed by atoms with van der Waals surface area (Å²) < 4.78 is 6.10. The van der Waals surface area contributed by atoms with E-state index in [1.54, 1.807) is 38.1 Å². The molecule has 0 saturated carbocycles. The maximum Gasteiger partial charge on any atom is 0.216 e. The third kappa shape index (κ3) is 1.98. The average Bonchev–Trinajstić information content (AvgIpc) is 2.53. The number of ether oxygens (including phenoxy) is 1. The predicted octanol–water partition coefficient (Wildman–Crippen LogP) is 3.68. The van der Waals surface area contributed by atoms with E-state index >= 15 is 0 Å². The zero-order valence-corrected chi connectivity index (χ0v) is 11.0. The molecule has 0 atom stereocenters. The van der Waals surface area contributed by atoms with E-state index in [-0.39, 0.29) is 5.78 Å². The summed E-state index contributed by atoms with van der Waals surface area (Å²) in [6.07, 6.45) is 0. The van der Waals surface area contributed by atoms with Crippen molar-refractivity contribution < 1.29 is 9.53 Å². The van der Waals surface area contributed by atoms with Crippen LogP contribution in [-0.4, -0.2) is 11.4 Å². The van der Waals surface area contributed by atoms with E-state index in [4.69, 9.17) is 11.3 Å². The number of hydrogen-bond acceptors (Lipinski definition) is 2. The fourth-order valence-electron chi connectivity index (χ4n) is 1.59. The molecule has 1 aromatic rings. The van der Waals surface area contributed by atoms with Crippen LogP contribution < -0.4 is 0 Å². The number of carbonyl (C=O) groups excluding carboxylic acids is 1. The topological polar surface area (TPSA) is 30.7 Å². The molecule has 2 rings (SSSR count). The number of ketones is 1. The third-order valence-electron chi connectivity index (χ3n) is 2.56. The molecule has 1 heterocycles. The third-order valence-corrected chi connectivity index (χ3v) is 3.28. The molecule has 0 aliphatic carbocycles. The van der Waals surface area contributed by atoms with Crippen LogP contribution >= 0.6 is 15.9 Å². The molecule has 0 fully saturated rings. The lowest BCUT2D eigenvalue weighted by Gasteiger charge is -2.17. The summed E-state index contributed by atoms with van der Waals surface area (Å²) in [5.41, 5.74) is 0.532. The Morgan fingerprint density at radius 2 is 1.88 bits per heavy atom. The minimum atomic E-state index is -0.827. The van der Waals surface area contributed by atoms with Crippen molar-refractivity contribution in [1.29, 1.82) is 0 Å². The number of rotatable bonds is 1. The fraction of sp³-hybridized carbons (Fsp3) is 0.231. The smallest absolute Gasteiger partial charge is 0.216 e. The Morgan fingerprint density at radius 1 is 1.29 bits per heavy atom. The van der Waals surface area contributed by atoms with Crippen LogP contribution in [-0.2, 0) is 9.53 Å². The van der Waals surface area contributed by atoms with Gasteiger partial charge in [-0.15, -0.1) is 0 Å². The van der Waals surface area contributed by atoms with Gasteiger partial charge < -0.3 is 4.74 Å². The molecule has 0 aromatic heterocycles. The van der Waals surface area contributed by atoms with Gasteiger partial charge >= 0.3 is 0 Å². The summed E-state index contributed by atoms with van der Waals surface area (Å²) >= 11 is 3.26. The van der Waals surface area contributed by atoms with Crippen molar-refractivity contribution in [1.82, 2.24) is 0 Å². The number of halogens is 1. The van der Waals surface area contributed by atoms with Gasteiger partial charge in [-0.05, 0) is 29.8 Å². The van der Waals surface area contributed by atoms with Crippen molar-refractivity contribution >= 4 is 33.2 Å². The fourth-order valence-corrected chi connectivity index (χ4v) is 2.37. The molecule has 0 N–H and O–H groups in total. The van der Waals surface area contributed by atoms with Crippen molar-refractivity contribution in [2.24, 2.45) is 0 Å². The average molecular weight is 292 g/mol. The molecule has 1 aromatic carbocycles. The van der Waals surface area contributed by atoms with E-state index in [1.807, 2.05) is 0 Å². The van der Waals surface area contributed by atoms with Crippen LogP contribution in [0.1, 0.15) is 19.4 Å². The molecule has 1 aliphatic heterocycles. The second kappa shape index (κ2) is 4.01. The number of carbonyl (C=O) groups is 1. The van der Waals surface area contributed by atoms with Gasteiger partial charge in [-0.2, -0.15) is 0 Å². The standard InChI is InChI=1S/C13H10BrNO2/c1-13(2)12(16)10(14)11(17-13)8-4-6-9(15-3)7-5-8/h4-7H,1-2H3. The molecule has 0 amide bonds. The number of benzene rings is 1. The van der Waals surface area contributed by atoms with Crippen LogP contribution in [0.3, 0.4) is 0 Å². The Balaban J connectivity index is 2.42. The Hall–Kier alpha value is -1.60. The normalized spacial score (nSPS) is 17.9. The Kier molecular flexibility index (Phi) is 2.80. The van der Waals surface area contributed by atoms with Gasteiger partial charge in [0.05, 0.1) is 6.57 Å². The number of Topliss-reactive ketones (excluding diaryl/α,β-unsaturated/α-hetero) is 1. The molecule has 0 saturated heterocycles. The van der Waals surface area contributed by atoms with Gasteiger partial charge in [-0.3, -0.25) is 4.79 Å². The van der Waals surface area contributed by atoms with E-state index < -0.39 is 5.60 Å². The maximum atomic E-state index is 11.9. The first-order valence-electron chi connectivity index (χ1n) is 5.07. The first kappa shape index (κ1) is 11.9. The lowest BCUT2D eigenvalue weighted by molar-refractivity contribution is -0.125. The molecular formula is C13H10BrNO2. The molecule has 0 spiro atoms. The van der Waals surface area contributed by atoms with Crippen LogP contribution in [0.15, 0.2) is 28.7 Å². The van der Waals surface area contributed by atoms with Gasteiger partial charge in [-0.1, -0.05) is 24.3 Å². The predicted molar refractivity (Wildman–Crippen MR) is 68.7 cm³/mol. The summed E-state index contributed by atoms with van der Waals surface area (Å²) in [5, 5.41) is 0. The van der Waals surface area contributed by atoms with Crippen LogP contribution in [0.25, 0.3) is 10.6 Å². The molecule has 4 heteroatoms. The number of hydrogen-bond donors (Lipinski definition) is 0. The van der Waals surface area contributed by atoms with Gasteiger partial charge in [0.15, 0.2) is 11.3 Å². The Morgan fingerprint density at radius 3 is 2.29 bits per heavy atom. The Labute approximate surface area is 108 Å². The van der Waals surface area contributed by atoms with E-state index in [0.29, 0.717) is 15.9 Å². The highest BCUT2D eigenvalue weighted by Gasteiger charge is 2.41. The molecule has 3 nitrogen and oxygen atoms in total. The van der Waals surface area contributed by atoms with Crippen LogP contribution in [0.5, 0.6) is 0 Å². The zero-order valence-electron chi connectivity index (χ0n) is 9.45. The highest BCUT2D eigenvalue weighted by molar-refractivity contribution is 9.12. The monoisotopic (exact) mass is 291 g/mol. The zero-order chi connectivity index (χ0) is 12.6. The number of nitrogens with zero attached hydrogens (tertiary/aromatic N) is 1. The lowest BCUT2D eigenvalue weighted by atomic mass is 10.1. The van der Waals surface area contributed by atoms with Crippen molar-refractivity contribution in [2.75, 3.05) is 0 Å². The summed E-state index contributed by atoms with van der Waals surface area (Å²) in [7, 11) is 0. The quantitative estimate of drug-likeness (QED) is 0.739. The van der Waals surface area contributed by atoms with Gasteiger partial charge in [0.1, 0.15) is 10.2 Å². The highest BCUT2D eigenvalue weighted by atomic mass is 79.9. The highest BCUT2D eigenvalue weighted by Crippen LogP contribution is 2.39. The molecule has 0 radical (unpaired) electrons. The second-order valence-corrected chi connectivity index (χ2v) is 5.04. The van der Waals surface area contributed by atoms with Crippen molar-refractivity contribution in [3.8, 4) is 0 Å². The second-order valence-electron chi connectivity index (χ2n) is 4.24. The molecule has 1 aliphatic rings. The van der Waals surface area contributed by atoms with Crippen molar-refractivity contribution in [3.63, 3.8) is 0 Å². The summed E-state index contributed by atoms with van der Waals surface area (Å²) in [6.45, 7) is 10.3. The SMILES string of the molecule is [C-]#[N+]c1ccc(C2=C(Br)C(=O)C(C)(C)O2)cc1. The molecular weight excluding hydrogens is 282 g/mol. The van der Waals surface area contributed by atoms with Gasteiger partial charge in [0, 0.05) is 5.56 Å². The molecule has 86 valence electrons. The van der Waals surface area contributed by atoms with E-state index in [2.05, 4.69) is 20.8 Å². The lowest BCUT2D eigenvalue weighted by Crippen LogP contribution is -2.28. The van der Waals surface area contributed by atoms with E-state index in [0.717, 1.165) is 5.56 Å². The Bertz CT molecular complexity index is 550. The minimum absolute atomic E-state index is 0.0678. The van der Waals surface area contributed by atoms with Crippen molar-refractivity contribution in [3.05, 3.63) is 45.7 Å². The molecule has 17 heavy (non-hydrogen) atoms. The van der Waals surface area contributed by atoms with Crippen LogP contribution in [0.2, 0.25) is 0 Å². The van der Waals surface area contributed by atoms with Crippen LogP contribution in [0.4, 0.5) is 5.69 Å². The molecule has 0 bridgehead atoms. The van der Waals surface area contributed by atoms with Crippen LogP contribution in [0, 0.1) is 6.57 Å². The van der Waals surface area contributed by atoms with E-state index in [1.165, 1.54) is 0 Å². The first-order chi connectivity index (χ1) is 7.95. The summed E-state index contributed by atoms with van der Waals surface area (Å²) in [5.74, 6) is 0.471. The molecule has 0 unspecified atom stereocenters. The van der Waals surface area contributed by atoms with Gasteiger partial charge in [-0.25, -0.2) is 4.85 Å².